The van der Waals surface area contributed by atoms with Crippen molar-refractivity contribution >= 4 is 29.9 Å². The summed E-state index contributed by atoms with van der Waals surface area (Å²) in [7, 11) is 7.77. The van der Waals surface area contributed by atoms with E-state index in [0.29, 0.717) is 5.41 Å². The maximum atomic E-state index is 5.27. The highest BCUT2D eigenvalue weighted by atomic mass is 127. The van der Waals surface area contributed by atoms with E-state index in [0.717, 1.165) is 24.8 Å². The molecule has 0 aromatic heterocycles. The van der Waals surface area contributed by atoms with Crippen LogP contribution in [0.3, 0.4) is 0 Å². The molecule has 0 bridgehead atoms. The van der Waals surface area contributed by atoms with Gasteiger partial charge in [0, 0.05) is 31.1 Å². The Morgan fingerprint density at radius 3 is 2.19 bits per heavy atom. The molecule has 5 nitrogen and oxygen atoms in total. The highest BCUT2D eigenvalue weighted by Crippen LogP contribution is 2.46. The molecule has 1 aliphatic rings. The molecule has 1 unspecified atom stereocenters. The van der Waals surface area contributed by atoms with Crippen LogP contribution in [-0.4, -0.2) is 62.6 Å². The number of likely N-dealkylation sites (N-methyl/N-ethyl adjacent to an activating group) is 1. The van der Waals surface area contributed by atoms with Crippen molar-refractivity contribution in [2.24, 2.45) is 10.4 Å². The van der Waals surface area contributed by atoms with Crippen molar-refractivity contribution < 1.29 is 4.74 Å². The predicted octanol–water partition coefficient (Wildman–Crippen LogP) is 3.61. The van der Waals surface area contributed by atoms with Crippen LogP contribution in [0.15, 0.2) is 29.3 Å². The summed E-state index contributed by atoms with van der Waals surface area (Å²) in [5, 5.41) is 3.58. The van der Waals surface area contributed by atoms with Gasteiger partial charge in [0.2, 0.25) is 0 Å². The topological polar surface area (TPSA) is 40.1 Å². The minimum absolute atomic E-state index is 0. The second kappa shape index (κ2) is 8.78. The number of rotatable bonds is 5. The van der Waals surface area contributed by atoms with Crippen LogP contribution in [0.2, 0.25) is 0 Å². The van der Waals surface area contributed by atoms with Crippen LogP contribution in [0.25, 0.3) is 0 Å². The minimum Gasteiger partial charge on any atom is -0.497 e. The molecular weight excluding hydrogens is 439 g/mol. The first kappa shape index (κ1) is 23.0. The highest BCUT2D eigenvalue weighted by molar-refractivity contribution is 14.0. The Morgan fingerprint density at radius 1 is 1.23 bits per heavy atom. The van der Waals surface area contributed by atoms with Crippen molar-refractivity contribution in [3.63, 3.8) is 0 Å². The molecule has 0 amide bonds. The number of methoxy groups -OCH3 is 1. The van der Waals surface area contributed by atoms with Gasteiger partial charge in [0.1, 0.15) is 5.75 Å². The molecule has 148 valence electrons. The van der Waals surface area contributed by atoms with Crippen LogP contribution in [0, 0.1) is 5.41 Å². The van der Waals surface area contributed by atoms with E-state index in [-0.39, 0.29) is 35.6 Å². The van der Waals surface area contributed by atoms with Crippen molar-refractivity contribution in [1.29, 1.82) is 0 Å². The highest BCUT2D eigenvalue weighted by Gasteiger charge is 2.53. The Labute approximate surface area is 176 Å². The summed E-state index contributed by atoms with van der Waals surface area (Å²) in [6, 6.07) is 8.55. The van der Waals surface area contributed by atoms with Crippen molar-refractivity contribution in [2.75, 3.05) is 41.3 Å². The van der Waals surface area contributed by atoms with E-state index < -0.39 is 0 Å². The summed E-state index contributed by atoms with van der Waals surface area (Å²) in [6.45, 7) is 11.0. The van der Waals surface area contributed by atoms with Gasteiger partial charge in [-0.25, -0.2) is 0 Å². The summed E-state index contributed by atoms with van der Waals surface area (Å²) in [5.74, 6) is 1.86. The van der Waals surface area contributed by atoms with Crippen LogP contribution in [0.4, 0.5) is 0 Å². The molecule has 1 saturated heterocycles. The molecular formula is C20H35IN4O. The van der Waals surface area contributed by atoms with Crippen LogP contribution < -0.4 is 10.1 Å². The molecule has 0 radical (unpaired) electrons. The molecule has 1 aromatic rings. The Morgan fingerprint density at radius 2 is 1.81 bits per heavy atom. The number of nitrogens with zero attached hydrogens (tertiary/aromatic N) is 3. The largest absolute Gasteiger partial charge is 0.497 e. The molecule has 1 aliphatic heterocycles. The van der Waals surface area contributed by atoms with Crippen LogP contribution >= 0.6 is 24.0 Å². The van der Waals surface area contributed by atoms with Crippen LogP contribution in [0.5, 0.6) is 5.75 Å². The van der Waals surface area contributed by atoms with Gasteiger partial charge in [0.05, 0.1) is 13.2 Å². The average molecular weight is 474 g/mol. The van der Waals surface area contributed by atoms with E-state index in [1.165, 1.54) is 5.56 Å². The van der Waals surface area contributed by atoms with Gasteiger partial charge < -0.3 is 19.9 Å². The quantitative estimate of drug-likeness (QED) is 0.402. The molecule has 0 aliphatic carbocycles. The van der Waals surface area contributed by atoms with Gasteiger partial charge in [-0.2, -0.15) is 0 Å². The number of benzene rings is 1. The fourth-order valence-electron chi connectivity index (χ4n) is 3.31. The number of aliphatic imine (C=N–C) groups is 1. The van der Waals surface area contributed by atoms with Gasteiger partial charge in [-0.15, -0.1) is 24.0 Å². The average Bonchev–Trinajstić information content (AvgIpc) is 2.57. The standard InChI is InChI=1S/C20H34N4O.HI/c1-19(2)14-24(20(19,3)4)18(21-5)22-13-17(23(6)7)15-9-11-16(25-8)12-10-15;/h9-12,17H,13-14H2,1-8H3,(H,21,22);1H. The summed E-state index contributed by atoms with van der Waals surface area (Å²) in [6.07, 6.45) is 0. The van der Waals surface area contributed by atoms with Gasteiger partial charge in [-0.05, 0) is 45.6 Å². The van der Waals surface area contributed by atoms with Gasteiger partial charge in [0.15, 0.2) is 5.96 Å². The lowest BCUT2D eigenvalue weighted by Gasteiger charge is -2.62. The fraction of sp³-hybridized carbons (Fsp3) is 0.650. The van der Waals surface area contributed by atoms with Crippen LogP contribution in [0.1, 0.15) is 39.3 Å². The lowest BCUT2D eigenvalue weighted by Crippen LogP contribution is -2.72. The number of hydrogen-bond acceptors (Lipinski definition) is 3. The number of hydrogen-bond donors (Lipinski definition) is 1. The number of ether oxygens (including phenoxy) is 1. The van der Waals surface area contributed by atoms with E-state index in [4.69, 9.17) is 4.74 Å². The molecule has 1 aromatic carbocycles. The Balaban J connectivity index is 0.00000338. The summed E-state index contributed by atoms with van der Waals surface area (Å²) < 4.78 is 5.27. The zero-order valence-corrected chi connectivity index (χ0v) is 19.8. The molecule has 26 heavy (non-hydrogen) atoms. The van der Waals surface area contributed by atoms with Gasteiger partial charge in [0.25, 0.3) is 0 Å². The molecule has 2 rings (SSSR count). The van der Waals surface area contributed by atoms with Gasteiger partial charge in [-0.1, -0.05) is 26.0 Å². The molecule has 0 saturated carbocycles. The normalized spacial score (nSPS) is 19.4. The second-order valence-corrected chi connectivity index (χ2v) is 8.21. The number of nitrogens with one attached hydrogen (secondary N) is 1. The molecule has 1 atom stereocenters. The lowest BCUT2D eigenvalue weighted by atomic mass is 9.65. The zero-order chi connectivity index (χ0) is 18.8. The maximum Gasteiger partial charge on any atom is 0.194 e. The molecule has 6 heteroatoms. The number of likely N-dealkylation sites (tertiary alicyclic amines) is 1. The van der Waals surface area contributed by atoms with Crippen molar-refractivity contribution in [1.82, 2.24) is 15.1 Å². The van der Waals surface area contributed by atoms with E-state index in [2.05, 4.69) is 74.0 Å². The third kappa shape index (κ3) is 4.44. The molecule has 1 N–H and O–H groups in total. The van der Waals surface area contributed by atoms with Crippen molar-refractivity contribution in [3.05, 3.63) is 29.8 Å². The van der Waals surface area contributed by atoms with E-state index >= 15 is 0 Å². The first-order valence-electron chi connectivity index (χ1n) is 8.92. The van der Waals surface area contributed by atoms with E-state index in [1.54, 1.807) is 7.11 Å². The lowest BCUT2D eigenvalue weighted by molar-refractivity contribution is -0.0668. The second-order valence-electron chi connectivity index (χ2n) is 8.21. The van der Waals surface area contributed by atoms with Crippen molar-refractivity contribution in [2.45, 2.75) is 39.3 Å². The van der Waals surface area contributed by atoms with Gasteiger partial charge >= 0.3 is 0 Å². The maximum absolute atomic E-state index is 5.27. The molecule has 1 heterocycles. The predicted molar refractivity (Wildman–Crippen MR) is 121 cm³/mol. The smallest absolute Gasteiger partial charge is 0.194 e. The van der Waals surface area contributed by atoms with Gasteiger partial charge in [-0.3, -0.25) is 4.99 Å². The number of guanidine groups is 1. The fourth-order valence-corrected chi connectivity index (χ4v) is 3.31. The van der Waals surface area contributed by atoms with Crippen LogP contribution in [-0.2, 0) is 0 Å². The molecule has 0 spiro atoms. The summed E-state index contributed by atoms with van der Waals surface area (Å²) in [4.78, 5) is 9.11. The first-order chi connectivity index (χ1) is 11.6. The first-order valence-corrected chi connectivity index (χ1v) is 8.92. The zero-order valence-electron chi connectivity index (χ0n) is 17.5. The third-order valence-electron chi connectivity index (χ3n) is 5.93. The van der Waals surface area contributed by atoms with Crippen molar-refractivity contribution in [3.8, 4) is 5.75 Å². The number of halogens is 1. The third-order valence-corrected chi connectivity index (χ3v) is 5.93. The molecule has 1 fully saturated rings. The van der Waals surface area contributed by atoms with E-state index in [1.807, 2.05) is 19.2 Å². The monoisotopic (exact) mass is 474 g/mol. The Kier molecular flexibility index (Phi) is 7.77. The SMILES string of the molecule is CN=C(NCC(c1ccc(OC)cc1)N(C)C)N1CC(C)(C)C1(C)C.I. The minimum atomic E-state index is 0. The summed E-state index contributed by atoms with van der Waals surface area (Å²) in [5.41, 5.74) is 1.65. The Hall–Kier alpha value is -1.02. The Bertz CT molecular complexity index is 611. The van der Waals surface area contributed by atoms with E-state index in [9.17, 15) is 0 Å². The summed E-state index contributed by atoms with van der Waals surface area (Å²) >= 11 is 0.